The van der Waals surface area contributed by atoms with E-state index in [1.165, 1.54) is 6.08 Å². The molecular formula is C23H30ClN5O2. The van der Waals surface area contributed by atoms with Gasteiger partial charge in [-0.1, -0.05) is 6.58 Å². The minimum atomic E-state index is -0.264. The van der Waals surface area contributed by atoms with E-state index >= 15 is 0 Å². The number of amides is 2. The Labute approximate surface area is 190 Å². The van der Waals surface area contributed by atoms with Gasteiger partial charge in [0.25, 0.3) is 5.91 Å². The fourth-order valence-electron chi connectivity index (χ4n) is 3.04. The predicted molar refractivity (Wildman–Crippen MR) is 121 cm³/mol. The van der Waals surface area contributed by atoms with Crippen LogP contribution in [0.3, 0.4) is 0 Å². The molecule has 7 nitrogen and oxygen atoms in total. The number of nitrogens with zero attached hydrogens (tertiary/aromatic N) is 3. The Balaban J connectivity index is 0.00000480. The molecule has 0 radical (unpaired) electrons. The van der Waals surface area contributed by atoms with Gasteiger partial charge in [-0.3, -0.25) is 9.59 Å². The van der Waals surface area contributed by atoms with Gasteiger partial charge in [0.15, 0.2) is 6.54 Å². The maximum Gasteiger partial charge on any atom is 0.279 e. The number of likely N-dealkylation sites (N-methyl/N-ethyl adjacent to an activating group) is 1. The van der Waals surface area contributed by atoms with Gasteiger partial charge in [-0.05, 0) is 75.4 Å². The van der Waals surface area contributed by atoms with Crippen molar-refractivity contribution < 1.29 is 26.5 Å². The second-order valence-electron chi connectivity index (χ2n) is 6.98. The Bertz CT molecular complexity index is 883. The number of carbonyl (C=O) groups excluding carboxylic acids is 2. The molecule has 31 heavy (non-hydrogen) atoms. The Morgan fingerprint density at radius 2 is 1.26 bits per heavy atom. The summed E-state index contributed by atoms with van der Waals surface area (Å²) in [6, 6.07) is 14.3. The summed E-state index contributed by atoms with van der Waals surface area (Å²) in [6.45, 7) is 13.0. The maximum absolute atomic E-state index is 12.4. The highest BCUT2D eigenvalue weighted by Crippen LogP contribution is 2.22. The van der Waals surface area contributed by atoms with E-state index in [1.807, 2.05) is 12.1 Å². The quantitative estimate of drug-likeness (QED) is 0.334. The average Bonchev–Trinajstić information content (AvgIpc) is 2.78. The fraction of sp³-hybridized carbons (Fsp3) is 0.304. The van der Waals surface area contributed by atoms with E-state index < -0.39 is 0 Å². The Hall–Kier alpha value is -3.03. The molecule has 2 aromatic rings. The van der Waals surface area contributed by atoms with Crippen molar-refractivity contribution in [3.8, 4) is 0 Å². The third-order valence-electron chi connectivity index (χ3n) is 5.24. The number of nitrogens with one attached hydrogen (secondary N) is 2. The van der Waals surface area contributed by atoms with Crippen LogP contribution in [0.25, 0.3) is 0 Å². The molecule has 8 heteroatoms. The molecule has 0 unspecified atom stereocenters. The number of rotatable bonds is 10. The second kappa shape index (κ2) is 12.6. The number of anilines is 2. The molecule has 0 saturated carbocycles. The van der Waals surface area contributed by atoms with Gasteiger partial charge in [0, 0.05) is 11.4 Å². The SMILES string of the molecule is C=CC(=O)Nc1ccc(N=Nc2ccc(NC(=O)C[N+](CC)(CC)CC)cc2)cc1.[Cl-]. The molecule has 0 aliphatic heterocycles. The summed E-state index contributed by atoms with van der Waals surface area (Å²) in [5.41, 5.74) is 2.74. The summed E-state index contributed by atoms with van der Waals surface area (Å²) in [7, 11) is 0. The average molecular weight is 444 g/mol. The number of halogens is 1. The Morgan fingerprint density at radius 3 is 1.65 bits per heavy atom. The summed E-state index contributed by atoms with van der Waals surface area (Å²) < 4.78 is 0.772. The second-order valence-corrected chi connectivity index (χ2v) is 6.98. The molecule has 2 aromatic carbocycles. The highest BCUT2D eigenvalue weighted by Gasteiger charge is 2.24. The van der Waals surface area contributed by atoms with Crippen LogP contribution in [0.2, 0.25) is 0 Å². The maximum atomic E-state index is 12.4. The van der Waals surface area contributed by atoms with Crippen LogP contribution >= 0.6 is 0 Å². The summed E-state index contributed by atoms with van der Waals surface area (Å²) in [6.07, 6.45) is 1.21. The number of benzene rings is 2. The summed E-state index contributed by atoms with van der Waals surface area (Å²) in [4.78, 5) is 23.7. The Morgan fingerprint density at radius 1 is 0.839 bits per heavy atom. The standard InChI is InChI=1S/C23H29N5O2.ClH/c1-5-22(29)24-18-9-13-20(14-10-18)26-27-21-15-11-19(12-16-21)25-23(30)17-28(6-2,7-3)8-4;/h5,9-16H,1,6-8,17H2,2-4H3,(H-,24,25,26,27,29,30);1H. The van der Waals surface area contributed by atoms with E-state index in [0.29, 0.717) is 23.6 Å². The molecule has 0 aliphatic rings. The molecular weight excluding hydrogens is 414 g/mol. The van der Waals surface area contributed by atoms with Crippen LogP contribution in [-0.2, 0) is 9.59 Å². The van der Waals surface area contributed by atoms with E-state index in [1.54, 1.807) is 36.4 Å². The van der Waals surface area contributed by atoms with Gasteiger partial charge >= 0.3 is 0 Å². The molecule has 0 heterocycles. The number of carbonyl (C=O) groups is 2. The van der Waals surface area contributed by atoms with Gasteiger partial charge in [0.2, 0.25) is 5.91 Å². The van der Waals surface area contributed by atoms with Crippen molar-refractivity contribution in [2.45, 2.75) is 20.8 Å². The zero-order chi connectivity index (χ0) is 22.0. The lowest BCUT2D eigenvalue weighted by Gasteiger charge is -2.34. The van der Waals surface area contributed by atoms with Crippen LogP contribution in [0, 0.1) is 0 Å². The molecule has 0 spiro atoms. The minimum Gasteiger partial charge on any atom is -1.00 e. The lowest BCUT2D eigenvalue weighted by molar-refractivity contribution is -0.915. The zero-order valence-corrected chi connectivity index (χ0v) is 19.0. The first-order chi connectivity index (χ1) is 14.4. The van der Waals surface area contributed by atoms with E-state index in [-0.39, 0.29) is 24.2 Å². The van der Waals surface area contributed by atoms with Crippen molar-refractivity contribution in [1.82, 2.24) is 0 Å². The van der Waals surface area contributed by atoms with Gasteiger partial charge in [0.05, 0.1) is 31.0 Å². The molecule has 0 atom stereocenters. The van der Waals surface area contributed by atoms with E-state index in [4.69, 9.17) is 0 Å². The van der Waals surface area contributed by atoms with Crippen LogP contribution < -0.4 is 23.0 Å². The van der Waals surface area contributed by atoms with Gasteiger partial charge in [-0.25, -0.2) is 0 Å². The fourth-order valence-corrected chi connectivity index (χ4v) is 3.04. The van der Waals surface area contributed by atoms with Gasteiger partial charge in [0.1, 0.15) is 0 Å². The number of quaternary nitrogens is 1. The monoisotopic (exact) mass is 443 g/mol. The van der Waals surface area contributed by atoms with Gasteiger partial charge in [-0.2, -0.15) is 10.2 Å². The molecule has 166 valence electrons. The first-order valence-electron chi connectivity index (χ1n) is 10.1. The lowest BCUT2D eigenvalue weighted by atomic mass is 10.2. The van der Waals surface area contributed by atoms with Crippen LogP contribution in [0.5, 0.6) is 0 Å². The van der Waals surface area contributed by atoms with Crippen molar-refractivity contribution >= 4 is 34.6 Å². The molecule has 2 rings (SSSR count). The third-order valence-corrected chi connectivity index (χ3v) is 5.24. The van der Waals surface area contributed by atoms with Crippen LogP contribution in [0.1, 0.15) is 20.8 Å². The van der Waals surface area contributed by atoms with Crippen molar-refractivity contribution in [2.24, 2.45) is 10.2 Å². The van der Waals surface area contributed by atoms with Crippen LogP contribution in [0.4, 0.5) is 22.7 Å². The van der Waals surface area contributed by atoms with E-state index in [9.17, 15) is 9.59 Å². The highest BCUT2D eigenvalue weighted by molar-refractivity contribution is 5.98. The molecule has 2 amide bonds. The van der Waals surface area contributed by atoms with Crippen LogP contribution in [0.15, 0.2) is 71.4 Å². The van der Waals surface area contributed by atoms with Gasteiger partial charge in [-0.15, -0.1) is 0 Å². The predicted octanol–water partition coefficient (Wildman–Crippen LogP) is 2.05. The van der Waals surface area contributed by atoms with E-state index in [2.05, 4.69) is 48.2 Å². The van der Waals surface area contributed by atoms with Crippen molar-refractivity contribution in [3.63, 3.8) is 0 Å². The Kier molecular flexibility index (Phi) is 10.6. The van der Waals surface area contributed by atoms with E-state index in [0.717, 1.165) is 29.8 Å². The number of hydrogen-bond acceptors (Lipinski definition) is 4. The molecule has 0 bridgehead atoms. The zero-order valence-electron chi connectivity index (χ0n) is 18.3. The third kappa shape index (κ3) is 7.96. The number of azo groups is 1. The summed E-state index contributed by atoms with van der Waals surface area (Å²) in [5, 5.41) is 14.0. The normalized spacial score (nSPS) is 10.9. The first kappa shape index (κ1) is 26.0. The smallest absolute Gasteiger partial charge is 0.279 e. The summed E-state index contributed by atoms with van der Waals surface area (Å²) in [5.74, 6) is -0.251. The minimum absolute atomic E-state index is 0. The molecule has 0 aliphatic carbocycles. The number of hydrogen-bond donors (Lipinski definition) is 2. The van der Waals surface area contributed by atoms with Crippen molar-refractivity contribution in [2.75, 3.05) is 36.8 Å². The largest absolute Gasteiger partial charge is 1.00 e. The lowest BCUT2D eigenvalue weighted by Crippen LogP contribution is -3.00. The van der Waals surface area contributed by atoms with Crippen molar-refractivity contribution in [3.05, 3.63) is 61.2 Å². The topological polar surface area (TPSA) is 82.9 Å². The highest BCUT2D eigenvalue weighted by atomic mass is 35.5. The first-order valence-corrected chi connectivity index (χ1v) is 10.1. The summed E-state index contributed by atoms with van der Waals surface area (Å²) >= 11 is 0. The molecule has 0 aromatic heterocycles. The molecule has 2 N–H and O–H groups in total. The van der Waals surface area contributed by atoms with Crippen molar-refractivity contribution in [1.29, 1.82) is 0 Å². The molecule has 0 saturated heterocycles. The van der Waals surface area contributed by atoms with Gasteiger partial charge < -0.3 is 27.5 Å². The van der Waals surface area contributed by atoms with Crippen LogP contribution in [-0.4, -0.2) is 42.5 Å². The molecule has 0 fully saturated rings.